The summed E-state index contributed by atoms with van der Waals surface area (Å²) in [6, 6.07) is 9.60. The third-order valence-electron chi connectivity index (χ3n) is 4.09. The average Bonchev–Trinajstić information content (AvgIpc) is 3.01. The van der Waals surface area contributed by atoms with E-state index in [2.05, 4.69) is 15.4 Å². The molecule has 0 aliphatic carbocycles. The van der Waals surface area contributed by atoms with Crippen LogP contribution in [-0.4, -0.2) is 48.8 Å². The second kappa shape index (κ2) is 7.57. The van der Waals surface area contributed by atoms with E-state index in [0.717, 1.165) is 41.7 Å². The topological polar surface area (TPSA) is 61.6 Å². The number of carbonyl (C=O) groups is 1. The number of carbonyl (C=O) groups excluding carboxylic acids is 1. The van der Waals surface area contributed by atoms with E-state index in [-0.39, 0.29) is 6.03 Å². The van der Waals surface area contributed by atoms with Gasteiger partial charge >= 0.3 is 6.03 Å². The lowest BCUT2D eigenvalue weighted by molar-refractivity contribution is 0.194. The van der Waals surface area contributed by atoms with Gasteiger partial charge in [-0.2, -0.15) is 0 Å². The van der Waals surface area contributed by atoms with Crippen LogP contribution in [0.4, 0.5) is 10.6 Å². The number of piperazine rings is 1. The van der Waals surface area contributed by atoms with Crippen LogP contribution in [0.25, 0.3) is 0 Å². The first-order valence-corrected chi connectivity index (χ1v) is 8.45. The highest BCUT2D eigenvalue weighted by atomic mass is 35.5. The van der Waals surface area contributed by atoms with Gasteiger partial charge in [0.1, 0.15) is 5.76 Å². The van der Waals surface area contributed by atoms with Gasteiger partial charge in [0.05, 0.1) is 0 Å². The summed E-state index contributed by atoms with van der Waals surface area (Å²) >= 11 is 5.96. The van der Waals surface area contributed by atoms with Crippen LogP contribution in [0.3, 0.4) is 0 Å². The second-order valence-electron chi connectivity index (χ2n) is 5.88. The molecule has 0 saturated carbocycles. The zero-order chi connectivity index (χ0) is 16.9. The molecule has 0 unspecified atom stereocenters. The Morgan fingerprint density at radius 2 is 2.08 bits per heavy atom. The van der Waals surface area contributed by atoms with Crippen molar-refractivity contribution in [2.24, 2.45) is 0 Å². The van der Waals surface area contributed by atoms with Crippen LogP contribution in [-0.2, 0) is 6.42 Å². The summed E-state index contributed by atoms with van der Waals surface area (Å²) in [7, 11) is 0. The molecule has 6 nitrogen and oxygen atoms in total. The van der Waals surface area contributed by atoms with Crippen molar-refractivity contribution < 1.29 is 9.32 Å². The van der Waals surface area contributed by atoms with Gasteiger partial charge in [0.15, 0.2) is 5.82 Å². The quantitative estimate of drug-likeness (QED) is 0.922. The molecular formula is C17H21ClN4O2. The van der Waals surface area contributed by atoms with Crippen molar-refractivity contribution in [1.29, 1.82) is 0 Å². The van der Waals surface area contributed by atoms with E-state index in [9.17, 15) is 4.79 Å². The number of hydrogen-bond acceptors (Lipinski definition) is 4. The molecule has 0 bridgehead atoms. The monoisotopic (exact) mass is 348 g/mol. The minimum absolute atomic E-state index is 0.0204. The van der Waals surface area contributed by atoms with Crippen molar-refractivity contribution in [2.45, 2.75) is 13.3 Å². The molecule has 0 radical (unpaired) electrons. The summed E-state index contributed by atoms with van der Waals surface area (Å²) in [6.45, 7) is 5.34. The molecule has 2 aromatic rings. The molecule has 1 aliphatic heterocycles. The molecule has 7 heteroatoms. The summed E-state index contributed by atoms with van der Waals surface area (Å²) < 4.78 is 5.10. The highest BCUT2D eigenvalue weighted by Gasteiger charge is 2.22. The minimum atomic E-state index is -0.0204. The molecule has 128 valence electrons. The predicted octanol–water partition coefficient (Wildman–Crippen LogP) is 2.71. The standard InChI is InChI=1S/C17H21ClN4O2/c1-13-11-16(20-24-13)21-7-9-22(10-8-21)17(23)19-6-5-14-3-2-4-15(18)12-14/h2-4,11-12H,5-10H2,1H3,(H,19,23). The van der Waals surface area contributed by atoms with Crippen LogP contribution in [0.2, 0.25) is 5.02 Å². The minimum Gasteiger partial charge on any atom is -0.360 e. The number of nitrogens with one attached hydrogen (secondary N) is 1. The van der Waals surface area contributed by atoms with Gasteiger partial charge in [0.2, 0.25) is 0 Å². The predicted molar refractivity (Wildman–Crippen MR) is 93.6 cm³/mol. The third-order valence-corrected chi connectivity index (χ3v) is 4.32. The Labute approximate surface area is 146 Å². The molecule has 3 rings (SSSR count). The Balaban J connectivity index is 1.42. The number of aromatic nitrogens is 1. The summed E-state index contributed by atoms with van der Waals surface area (Å²) in [4.78, 5) is 16.2. The molecule has 0 spiro atoms. The van der Waals surface area contributed by atoms with Gasteiger partial charge in [-0.1, -0.05) is 28.9 Å². The van der Waals surface area contributed by atoms with E-state index >= 15 is 0 Å². The number of aryl methyl sites for hydroxylation is 1. The number of anilines is 1. The van der Waals surface area contributed by atoms with Crippen molar-refractivity contribution in [3.05, 3.63) is 46.7 Å². The average molecular weight is 349 g/mol. The van der Waals surface area contributed by atoms with Crippen LogP contribution in [0.15, 0.2) is 34.9 Å². The normalized spacial score (nSPS) is 14.8. The number of urea groups is 1. The van der Waals surface area contributed by atoms with Crippen LogP contribution < -0.4 is 10.2 Å². The molecular weight excluding hydrogens is 328 g/mol. The molecule has 1 N–H and O–H groups in total. The summed E-state index contributed by atoms with van der Waals surface area (Å²) in [5.74, 6) is 1.64. The van der Waals surface area contributed by atoms with Crippen LogP contribution >= 0.6 is 11.6 Å². The van der Waals surface area contributed by atoms with Crippen molar-refractivity contribution >= 4 is 23.4 Å². The molecule has 1 saturated heterocycles. The number of rotatable bonds is 4. The largest absolute Gasteiger partial charge is 0.360 e. The first-order valence-electron chi connectivity index (χ1n) is 8.07. The number of halogens is 1. The first kappa shape index (κ1) is 16.6. The van der Waals surface area contributed by atoms with Gasteiger partial charge in [-0.3, -0.25) is 0 Å². The van der Waals surface area contributed by atoms with Gasteiger partial charge in [0.25, 0.3) is 0 Å². The SMILES string of the molecule is Cc1cc(N2CCN(C(=O)NCCc3cccc(Cl)c3)CC2)no1. The zero-order valence-electron chi connectivity index (χ0n) is 13.7. The molecule has 24 heavy (non-hydrogen) atoms. The maximum Gasteiger partial charge on any atom is 0.317 e. The molecule has 1 aliphatic rings. The highest BCUT2D eigenvalue weighted by molar-refractivity contribution is 6.30. The summed E-state index contributed by atoms with van der Waals surface area (Å²) in [5, 5.41) is 7.71. The number of amides is 2. The second-order valence-corrected chi connectivity index (χ2v) is 6.32. The maximum absolute atomic E-state index is 12.2. The Morgan fingerprint density at radius 3 is 2.75 bits per heavy atom. The van der Waals surface area contributed by atoms with Crippen LogP contribution in [0, 0.1) is 6.92 Å². The molecule has 2 heterocycles. The fourth-order valence-electron chi connectivity index (χ4n) is 2.76. The summed E-state index contributed by atoms with van der Waals surface area (Å²) in [5.41, 5.74) is 1.12. The Bertz CT molecular complexity index is 695. The molecule has 2 amide bonds. The van der Waals surface area contributed by atoms with Crippen LogP contribution in [0.5, 0.6) is 0 Å². The van der Waals surface area contributed by atoms with E-state index in [1.165, 1.54) is 0 Å². The van der Waals surface area contributed by atoms with Crippen molar-refractivity contribution in [3.8, 4) is 0 Å². The van der Waals surface area contributed by atoms with E-state index in [1.54, 1.807) is 0 Å². The highest BCUT2D eigenvalue weighted by Crippen LogP contribution is 2.16. The lowest BCUT2D eigenvalue weighted by atomic mass is 10.1. The Morgan fingerprint density at radius 1 is 1.29 bits per heavy atom. The fraction of sp³-hybridized carbons (Fsp3) is 0.412. The number of nitrogens with zero attached hydrogens (tertiary/aromatic N) is 3. The van der Waals surface area contributed by atoms with Gasteiger partial charge in [0, 0.05) is 43.8 Å². The van der Waals surface area contributed by atoms with Gasteiger partial charge < -0.3 is 19.6 Å². The molecule has 1 fully saturated rings. The Hall–Kier alpha value is -2.21. The number of hydrogen-bond donors (Lipinski definition) is 1. The molecule has 0 atom stereocenters. The van der Waals surface area contributed by atoms with Crippen molar-refractivity contribution in [3.63, 3.8) is 0 Å². The summed E-state index contributed by atoms with van der Waals surface area (Å²) in [6.07, 6.45) is 0.768. The fourth-order valence-corrected chi connectivity index (χ4v) is 2.97. The molecule has 1 aromatic carbocycles. The van der Waals surface area contributed by atoms with Crippen molar-refractivity contribution in [2.75, 3.05) is 37.6 Å². The van der Waals surface area contributed by atoms with Gasteiger partial charge in [-0.05, 0) is 31.0 Å². The maximum atomic E-state index is 12.2. The lowest BCUT2D eigenvalue weighted by Crippen LogP contribution is -2.52. The van der Waals surface area contributed by atoms with Crippen molar-refractivity contribution in [1.82, 2.24) is 15.4 Å². The van der Waals surface area contributed by atoms with Gasteiger partial charge in [-0.25, -0.2) is 4.79 Å². The van der Waals surface area contributed by atoms with E-state index in [1.807, 2.05) is 42.2 Å². The molecule has 1 aromatic heterocycles. The number of benzene rings is 1. The zero-order valence-corrected chi connectivity index (χ0v) is 14.4. The van der Waals surface area contributed by atoms with Crippen LogP contribution in [0.1, 0.15) is 11.3 Å². The van der Waals surface area contributed by atoms with E-state index in [4.69, 9.17) is 16.1 Å². The van der Waals surface area contributed by atoms with E-state index < -0.39 is 0 Å². The first-order chi connectivity index (χ1) is 11.6. The van der Waals surface area contributed by atoms with Gasteiger partial charge in [-0.15, -0.1) is 0 Å². The van der Waals surface area contributed by atoms with E-state index in [0.29, 0.717) is 19.6 Å². The smallest absolute Gasteiger partial charge is 0.317 e. The Kier molecular flexibility index (Phi) is 5.25. The third kappa shape index (κ3) is 4.20. The lowest BCUT2D eigenvalue weighted by Gasteiger charge is -2.34.